The summed E-state index contributed by atoms with van der Waals surface area (Å²) in [7, 11) is 4.72. The second-order valence-corrected chi connectivity index (χ2v) is 9.73. The summed E-state index contributed by atoms with van der Waals surface area (Å²) in [5, 5.41) is 47.5. The molecular weight excluding hydrogens is 470 g/mol. The third kappa shape index (κ3) is 3.70. The standard InChI is InChI=1S/C25H31N3O8/c1-28(2)19-14-9-12-8-13-11(10-27-6-7-36-3)4-5-15(29)17(13)20(30)16(12)22(32)25(14,35)23(33)18(21(19)31)24(26)34/h4-5,12,14,19,27,29-30,33,35H,6-10H2,1-3H3,(H2,26,34)/t12-,14-,19-,25-/m0/s1. The number of aromatic hydroxyl groups is 1. The molecule has 1 saturated carbocycles. The fourth-order valence-corrected chi connectivity index (χ4v) is 5.87. The first-order chi connectivity index (χ1) is 17.0. The number of rotatable bonds is 7. The first-order valence-electron chi connectivity index (χ1n) is 11.6. The Morgan fingerprint density at radius 2 is 1.94 bits per heavy atom. The number of ketones is 2. The van der Waals surface area contributed by atoms with E-state index in [2.05, 4.69) is 5.32 Å². The molecule has 0 aliphatic heterocycles. The molecule has 3 aliphatic carbocycles. The van der Waals surface area contributed by atoms with Crippen LogP contribution in [0.3, 0.4) is 0 Å². The van der Waals surface area contributed by atoms with Gasteiger partial charge in [-0.15, -0.1) is 0 Å². The van der Waals surface area contributed by atoms with Crippen molar-refractivity contribution >= 4 is 23.2 Å². The highest BCUT2D eigenvalue weighted by Gasteiger charge is 2.64. The van der Waals surface area contributed by atoms with E-state index < -0.39 is 58.0 Å². The summed E-state index contributed by atoms with van der Waals surface area (Å²) in [6.07, 6.45) is 0.308. The number of primary amides is 1. The Morgan fingerprint density at radius 1 is 1.25 bits per heavy atom. The van der Waals surface area contributed by atoms with Crippen LogP contribution in [0.5, 0.6) is 5.75 Å². The van der Waals surface area contributed by atoms with Crippen LogP contribution in [0.15, 0.2) is 29.0 Å². The summed E-state index contributed by atoms with van der Waals surface area (Å²) in [6.45, 7) is 1.50. The van der Waals surface area contributed by atoms with Gasteiger partial charge in [-0.1, -0.05) is 6.07 Å². The van der Waals surface area contributed by atoms with Gasteiger partial charge in [0.15, 0.2) is 11.4 Å². The minimum atomic E-state index is -2.64. The molecule has 0 heterocycles. The van der Waals surface area contributed by atoms with Crippen molar-refractivity contribution in [3.8, 4) is 5.75 Å². The number of likely N-dealkylation sites (N-methyl/N-ethyl adjacent to an activating group) is 1. The molecule has 1 aromatic rings. The number of nitrogens with two attached hydrogens (primary N) is 1. The van der Waals surface area contributed by atoms with Gasteiger partial charge in [-0.3, -0.25) is 19.3 Å². The normalized spacial score (nSPS) is 27.8. The van der Waals surface area contributed by atoms with Gasteiger partial charge in [0.05, 0.1) is 18.2 Å². The lowest BCUT2D eigenvalue weighted by atomic mass is 9.57. The number of fused-ring (bicyclic) bond motifs is 3. The van der Waals surface area contributed by atoms with E-state index in [1.54, 1.807) is 27.3 Å². The van der Waals surface area contributed by atoms with Crippen molar-refractivity contribution in [1.29, 1.82) is 0 Å². The van der Waals surface area contributed by atoms with Crippen molar-refractivity contribution in [2.24, 2.45) is 17.6 Å². The number of aliphatic hydroxyl groups excluding tert-OH is 2. The number of amides is 1. The quantitative estimate of drug-likeness (QED) is 0.214. The molecule has 1 fully saturated rings. The Labute approximate surface area is 207 Å². The van der Waals surface area contributed by atoms with E-state index in [1.807, 2.05) is 0 Å². The number of hydrogen-bond donors (Lipinski definition) is 6. The molecule has 0 saturated heterocycles. The maximum absolute atomic E-state index is 13.8. The van der Waals surface area contributed by atoms with Crippen molar-refractivity contribution in [2.45, 2.75) is 31.0 Å². The molecule has 7 N–H and O–H groups in total. The van der Waals surface area contributed by atoms with E-state index in [1.165, 1.54) is 11.0 Å². The first-order valence-corrected chi connectivity index (χ1v) is 11.6. The number of carbonyl (C=O) groups is 3. The maximum Gasteiger partial charge on any atom is 0.255 e. The van der Waals surface area contributed by atoms with Crippen LogP contribution in [0.1, 0.15) is 23.1 Å². The van der Waals surface area contributed by atoms with Crippen molar-refractivity contribution in [3.63, 3.8) is 0 Å². The second kappa shape index (κ2) is 9.32. The number of methoxy groups -OCH3 is 1. The lowest BCUT2D eigenvalue weighted by Gasteiger charge is -2.50. The van der Waals surface area contributed by atoms with Gasteiger partial charge in [-0.05, 0) is 50.0 Å². The predicted octanol–water partition coefficient (Wildman–Crippen LogP) is -0.300. The van der Waals surface area contributed by atoms with E-state index in [9.17, 15) is 34.8 Å². The second-order valence-electron chi connectivity index (χ2n) is 9.73. The molecule has 1 aromatic carbocycles. The van der Waals surface area contributed by atoms with Crippen LogP contribution in [-0.4, -0.2) is 88.8 Å². The van der Waals surface area contributed by atoms with Gasteiger partial charge in [-0.2, -0.15) is 0 Å². The Kier molecular flexibility index (Phi) is 6.69. The molecule has 194 valence electrons. The summed E-state index contributed by atoms with van der Waals surface area (Å²) in [5.74, 6) is -6.60. The number of phenolic OH excluding ortho intramolecular Hbond substituents is 1. The van der Waals surface area contributed by atoms with E-state index in [0.717, 1.165) is 5.56 Å². The number of hydrogen-bond acceptors (Lipinski definition) is 10. The lowest BCUT2D eigenvalue weighted by Crippen LogP contribution is -2.65. The molecule has 4 atom stereocenters. The van der Waals surface area contributed by atoms with E-state index in [-0.39, 0.29) is 29.7 Å². The number of phenols is 1. The van der Waals surface area contributed by atoms with E-state index >= 15 is 0 Å². The molecular formula is C25H31N3O8. The average molecular weight is 502 g/mol. The summed E-state index contributed by atoms with van der Waals surface area (Å²) in [4.78, 5) is 40.4. The zero-order valence-corrected chi connectivity index (χ0v) is 20.4. The minimum Gasteiger partial charge on any atom is -0.508 e. The van der Waals surface area contributed by atoms with Crippen LogP contribution in [0.4, 0.5) is 0 Å². The molecule has 4 rings (SSSR count). The molecule has 11 heteroatoms. The highest BCUT2D eigenvalue weighted by Crippen LogP contribution is 2.52. The Hall–Kier alpha value is -3.25. The molecule has 0 spiro atoms. The maximum atomic E-state index is 13.8. The van der Waals surface area contributed by atoms with Gasteiger partial charge in [-0.25, -0.2) is 0 Å². The van der Waals surface area contributed by atoms with Gasteiger partial charge in [0.2, 0.25) is 5.78 Å². The van der Waals surface area contributed by atoms with E-state index in [4.69, 9.17) is 10.5 Å². The van der Waals surface area contributed by atoms with Crippen LogP contribution in [0.2, 0.25) is 0 Å². The topological polar surface area (TPSA) is 183 Å². The molecule has 3 aliphatic rings. The average Bonchev–Trinajstić information content (AvgIpc) is 2.80. The number of ether oxygens (including phenoxy) is 1. The van der Waals surface area contributed by atoms with Gasteiger partial charge in [0, 0.05) is 31.7 Å². The summed E-state index contributed by atoms with van der Waals surface area (Å²) in [5.41, 5.74) is 3.22. The number of carbonyl (C=O) groups excluding carboxylic acids is 3. The van der Waals surface area contributed by atoms with Crippen LogP contribution in [-0.2, 0) is 32.1 Å². The molecule has 1 amide bonds. The number of benzene rings is 1. The Balaban J connectivity index is 1.86. The monoisotopic (exact) mass is 501 g/mol. The molecule has 0 unspecified atom stereocenters. The van der Waals surface area contributed by atoms with Crippen molar-refractivity contribution < 1.29 is 39.5 Å². The van der Waals surface area contributed by atoms with Crippen LogP contribution >= 0.6 is 0 Å². The summed E-state index contributed by atoms with van der Waals surface area (Å²) in [6, 6.07) is 2.04. The van der Waals surface area contributed by atoms with Crippen LogP contribution in [0, 0.1) is 11.8 Å². The number of aliphatic hydroxyl groups is 3. The van der Waals surface area contributed by atoms with Crippen molar-refractivity contribution in [2.75, 3.05) is 34.4 Å². The fourth-order valence-electron chi connectivity index (χ4n) is 5.87. The zero-order chi connectivity index (χ0) is 26.5. The lowest BCUT2D eigenvalue weighted by molar-refractivity contribution is -0.153. The van der Waals surface area contributed by atoms with E-state index in [0.29, 0.717) is 25.3 Å². The third-order valence-corrected chi connectivity index (χ3v) is 7.50. The van der Waals surface area contributed by atoms with Crippen molar-refractivity contribution in [1.82, 2.24) is 10.2 Å². The van der Waals surface area contributed by atoms with Gasteiger partial charge < -0.3 is 36.2 Å². The fraction of sp³-hybridized carbons (Fsp3) is 0.480. The van der Waals surface area contributed by atoms with Gasteiger partial charge >= 0.3 is 0 Å². The number of nitrogens with zero attached hydrogens (tertiary/aromatic N) is 1. The molecule has 0 radical (unpaired) electrons. The number of nitrogens with one attached hydrogen (secondary N) is 1. The SMILES string of the molecule is COCCNCc1ccc(O)c2c1C[C@H]1C[C@H]3[C@H](N(C)C)C(=O)C(C(N)=O)=C(O)[C@@]3(O)C(=O)C1=C2O. The highest BCUT2D eigenvalue weighted by atomic mass is 16.5. The number of Topliss-reactive ketones (excluding diaryl/α,β-unsaturated/α-hetero) is 2. The summed E-state index contributed by atoms with van der Waals surface area (Å²) >= 11 is 0. The Morgan fingerprint density at radius 3 is 2.56 bits per heavy atom. The first kappa shape index (κ1) is 25.8. The van der Waals surface area contributed by atoms with Gasteiger partial charge in [0.25, 0.3) is 5.91 Å². The predicted molar refractivity (Wildman–Crippen MR) is 128 cm³/mol. The molecule has 0 aromatic heterocycles. The molecule has 11 nitrogen and oxygen atoms in total. The highest BCUT2D eigenvalue weighted by molar-refractivity contribution is 6.24. The molecule has 0 bridgehead atoms. The smallest absolute Gasteiger partial charge is 0.255 e. The Bertz CT molecular complexity index is 1200. The van der Waals surface area contributed by atoms with Crippen LogP contribution in [0.25, 0.3) is 5.76 Å². The van der Waals surface area contributed by atoms with Crippen LogP contribution < -0.4 is 11.1 Å². The summed E-state index contributed by atoms with van der Waals surface area (Å²) < 4.78 is 5.04. The molecule has 36 heavy (non-hydrogen) atoms. The third-order valence-electron chi connectivity index (χ3n) is 7.50. The van der Waals surface area contributed by atoms with Crippen molar-refractivity contribution in [3.05, 3.63) is 45.7 Å². The largest absolute Gasteiger partial charge is 0.508 e. The zero-order valence-electron chi connectivity index (χ0n) is 20.4. The van der Waals surface area contributed by atoms with Gasteiger partial charge in [0.1, 0.15) is 22.8 Å². The minimum absolute atomic E-state index is 0.0535.